The van der Waals surface area contributed by atoms with E-state index in [-0.39, 0.29) is 24.3 Å². The molecule has 0 radical (unpaired) electrons. The average molecular weight is 275 g/mol. The summed E-state index contributed by atoms with van der Waals surface area (Å²) in [6, 6.07) is 3.49. The van der Waals surface area contributed by atoms with Gasteiger partial charge in [0.2, 0.25) is 10.0 Å². The van der Waals surface area contributed by atoms with Crippen molar-refractivity contribution in [2.75, 3.05) is 6.54 Å². The number of sulfonamides is 1. The molecule has 1 aromatic rings. The van der Waals surface area contributed by atoms with Gasteiger partial charge >= 0.3 is 5.97 Å². The van der Waals surface area contributed by atoms with Gasteiger partial charge in [-0.3, -0.25) is 4.79 Å². The third kappa shape index (κ3) is 4.08. The highest BCUT2D eigenvalue weighted by Crippen LogP contribution is 2.16. The van der Waals surface area contributed by atoms with E-state index in [2.05, 4.69) is 4.72 Å². The lowest BCUT2D eigenvalue weighted by Crippen LogP contribution is -2.26. The first-order chi connectivity index (χ1) is 8.33. The van der Waals surface area contributed by atoms with Gasteiger partial charge in [0.25, 0.3) is 0 Å². The van der Waals surface area contributed by atoms with Crippen molar-refractivity contribution in [2.24, 2.45) is 0 Å². The summed E-state index contributed by atoms with van der Waals surface area (Å²) in [5.41, 5.74) is 0.433. The first-order valence-corrected chi connectivity index (χ1v) is 6.79. The number of aryl methyl sites for hydroxylation is 1. The Kier molecular flexibility index (Phi) is 4.80. The van der Waals surface area contributed by atoms with Crippen LogP contribution in [0.3, 0.4) is 0 Å². The van der Waals surface area contributed by atoms with Crippen molar-refractivity contribution >= 4 is 16.0 Å². The van der Waals surface area contributed by atoms with Gasteiger partial charge in [0.1, 0.15) is 5.82 Å². The van der Waals surface area contributed by atoms with Crippen molar-refractivity contribution in [2.45, 2.75) is 24.7 Å². The third-order valence-electron chi connectivity index (χ3n) is 2.30. The maximum atomic E-state index is 13.0. The fraction of sp³-hybridized carbons (Fsp3) is 0.364. The molecule has 0 atom stereocenters. The zero-order valence-electron chi connectivity index (χ0n) is 9.81. The number of carboxylic acid groups (broad SMARTS) is 1. The summed E-state index contributed by atoms with van der Waals surface area (Å²) in [6.07, 6.45) is 0.0631. The Morgan fingerprint density at radius 3 is 2.72 bits per heavy atom. The second-order valence-electron chi connectivity index (χ2n) is 3.80. The molecule has 0 amide bonds. The second kappa shape index (κ2) is 5.92. The van der Waals surface area contributed by atoms with E-state index in [1.54, 1.807) is 6.92 Å². The van der Waals surface area contributed by atoms with Crippen LogP contribution in [-0.2, 0) is 14.8 Å². The number of hydrogen-bond acceptors (Lipinski definition) is 3. The van der Waals surface area contributed by atoms with Crippen LogP contribution in [0.1, 0.15) is 18.4 Å². The van der Waals surface area contributed by atoms with Crippen molar-refractivity contribution in [1.29, 1.82) is 0 Å². The number of carbonyl (C=O) groups is 1. The summed E-state index contributed by atoms with van der Waals surface area (Å²) >= 11 is 0. The van der Waals surface area contributed by atoms with Crippen molar-refractivity contribution < 1.29 is 22.7 Å². The van der Waals surface area contributed by atoms with Gasteiger partial charge in [-0.15, -0.1) is 0 Å². The third-order valence-corrected chi connectivity index (χ3v) is 3.90. The van der Waals surface area contributed by atoms with Gasteiger partial charge in [-0.1, -0.05) is 6.07 Å². The lowest BCUT2D eigenvalue weighted by Gasteiger charge is -2.08. The van der Waals surface area contributed by atoms with E-state index in [1.165, 1.54) is 12.1 Å². The van der Waals surface area contributed by atoms with Crippen LogP contribution in [-0.4, -0.2) is 26.0 Å². The highest BCUT2D eigenvalue weighted by molar-refractivity contribution is 7.89. The van der Waals surface area contributed by atoms with Crippen LogP contribution < -0.4 is 4.72 Å². The highest BCUT2D eigenvalue weighted by Gasteiger charge is 2.16. The molecule has 7 heteroatoms. The average Bonchev–Trinajstić information content (AvgIpc) is 2.27. The Morgan fingerprint density at radius 2 is 2.11 bits per heavy atom. The van der Waals surface area contributed by atoms with Crippen molar-refractivity contribution in [3.05, 3.63) is 29.6 Å². The molecular formula is C11H14FNO4S. The maximum absolute atomic E-state index is 13.0. The van der Waals surface area contributed by atoms with E-state index in [9.17, 15) is 17.6 Å². The molecule has 0 spiro atoms. The first kappa shape index (κ1) is 14.6. The van der Waals surface area contributed by atoms with Crippen LogP contribution in [0, 0.1) is 12.7 Å². The standard InChI is InChI=1S/C11H14FNO4S/c1-8-4-5-9(12)7-10(8)18(16,17)13-6-2-3-11(14)15/h4-5,7,13H,2-3,6H2,1H3,(H,14,15). The molecule has 0 aliphatic heterocycles. The summed E-state index contributed by atoms with van der Waals surface area (Å²) in [7, 11) is -3.79. The number of rotatable bonds is 6. The molecule has 0 saturated carbocycles. The lowest BCUT2D eigenvalue weighted by atomic mass is 10.2. The lowest BCUT2D eigenvalue weighted by molar-refractivity contribution is -0.137. The number of carboxylic acids is 1. The summed E-state index contributed by atoms with van der Waals surface area (Å²) in [5.74, 6) is -1.62. The van der Waals surface area contributed by atoms with E-state index >= 15 is 0 Å². The Hall–Kier alpha value is -1.47. The molecule has 2 N–H and O–H groups in total. The topological polar surface area (TPSA) is 83.5 Å². The van der Waals surface area contributed by atoms with Crippen LogP contribution in [0.25, 0.3) is 0 Å². The van der Waals surface area contributed by atoms with E-state index < -0.39 is 21.8 Å². The number of benzene rings is 1. The number of aliphatic carboxylic acids is 1. The molecule has 0 unspecified atom stereocenters. The molecule has 5 nitrogen and oxygen atoms in total. The molecule has 0 aliphatic rings. The maximum Gasteiger partial charge on any atom is 0.303 e. The molecule has 0 aromatic heterocycles. The summed E-state index contributed by atoms with van der Waals surface area (Å²) in [5, 5.41) is 8.41. The molecule has 0 bridgehead atoms. The Morgan fingerprint density at radius 1 is 1.44 bits per heavy atom. The minimum absolute atomic E-state index is 0.00455. The number of halogens is 1. The van der Waals surface area contributed by atoms with Crippen molar-refractivity contribution in [3.63, 3.8) is 0 Å². The fourth-order valence-electron chi connectivity index (χ4n) is 1.39. The zero-order valence-corrected chi connectivity index (χ0v) is 10.6. The predicted octanol–water partition coefficient (Wildman–Crippen LogP) is 1.28. The highest BCUT2D eigenvalue weighted by atomic mass is 32.2. The fourth-order valence-corrected chi connectivity index (χ4v) is 2.72. The Labute approximate surface area is 105 Å². The van der Waals surface area contributed by atoms with E-state index in [1.807, 2.05) is 0 Å². The van der Waals surface area contributed by atoms with Gasteiger partial charge in [0.05, 0.1) is 4.90 Å². The molecule has 1 aromatic carbocycles. The zero-order chi connectivity index (χ0) is 13.8. The summed E-state index contributed by atoms with van der Waals surface area (Å²) in [4.78, 5) is 10.1. The van der Waals surface area contributed by atoms with E-state index in [0.29, 0.717) is 5.56 Å². The number of hydrogen-bond donors (Lipinski definition) is 2. The van der Waals surface area contributed by atoms with Crippen molar-refractivity contribution in [1.82, 2.24) is 4.72 Å². The van der Waals surface area contributed by atoms with Gasteiger partial charge in [-0.05, 0) is 31.0 Å². The SMILES string of the molecule is Cc1ccc(F)cc1S(=O)(=O)NCCCC(=O)O. The summed E-state index contributed by atoms with van der Waals surface area (Å²) in [6.45, 7) is 1.57. The largest absolute Gasteiger partial charge is 0.481 e. The van der Waals surface area contributed by atoms with Crippen LogP contribution in [0.5, 0.6) is 0 Å². The van der Waals surface area contributed by atoms with Gasteiger partial charge in [0.15, 0.2) is 0 Å². The minimum atomic E-state index is -3.79. The van der Waals surface area contributed by atoms with Gasteiger partial charge in [-0.25, -0.2) is 17.5 Å². The molecular weight excluding hydrogens is 261 g/mol. The van der Waals surface area contributed by atoms with Gasteiger partial charge in [-0.2, -0.15) is 0 Å². The molecule has 0 heterocycles. The molecule has 18 heavy (non-hydrogen) atoms. The van der Waals surface area contributed by atoms with E-state index in [0.717, 1.165) is 6.07 Å². The summed E-state index contributed by atoms with van der Waals surface area (Å²) < 4.78 is 38.9. The Bertz CT molecular complexity index is 542. The van der Waals surface area contributed by atoms with Crippen LogP contribution in [0.4, 0.5) is 4.39 Å². The Balaban J connectivity index is 2.74. The van der Waals surface area contributed by atoms with Gasteiger partial charge < -0.3 is 5.11 Å². The number of nitrogens with one attached hydrogen (secondary N) is 1. The smallest absolute Gasteiger partial charge is 0.303 e. The molecule has 0 saturated heterocycles. The second-order valence-corrected chi connectivity index (χ2v) is 5.54. The quantitative estimate of drug-likeness (QED) is 0.766. The van der Waals surface area contributed by atoms with E-state index in [4.69, 9.17) is 5.11 Å². The van der Waals surface area contributed by atoms with Crippen LogP contribution >= 0.6 is 0 Å². The predicted molar refractivity (Wildman–Crippen MR) is 63.2 cm³/mol. The molecule has 0 aliphatic carbocycles. The van der Waals surface area contributed by atoms with Crippen LogP contribution in [0.2, 0.25) is 0 Å². The van der Waals surface area contributed by atoms with Crippen LogP contribution in [0.15, 0.2) is 23.1 Å². The van der Waals surface area contributed by atoms with Crippen molar-refractivity contribution in [3.8, 4) is 0 Å². The molecule has 0 fully saturated rings. The molecule has 100 valence electrons. The normalized spacial score (nSPS) is 11.4. The molecule has 1 rings (SSSR count). The monoisotopic (exact) mass is 275 g/mol. The first-order valence-electron chi connectivity index (χ1n) is 5.30. The van der Waals surface area contributed by atoms with Gasteiger partial charge in [0, 0.05) is 13.0 Å². The minimum Gasteiger partial charge on any atom is -0.481 e.